The zero-order valence-electron chi connectivity index (χ0n) is 14.3. The average Bonchev–Trinajstić information content (AvgIpc) is 3.31. The van der Waals surface area contributed by atoms with Crippen LogP contribution in [-0.2, 0) is 4.79 Å². The molecule has 0 spiro atoms. The molecule has 0 saturated heterocycles. The molecule has 1 saturated carbocycles. The van der Waals surface area contributed by atoms with Gasteiger partial charge in [-0.2, -0.15) is 5.26 Å². The van der Waals surface area contributed by atoms with Crippen molar-refractivity contribution < 1.29 is 18.7 Å². The van der Waals surface area contributed by atoms with Gasteiger partial charge in [0.15, 0.2) is 18.1 Å². The molecule has 0 radical (unpaired) electrons. The minimum absolute atomic E-state index is 0.0934. The summed E-state index contributed by atoms with van der Waals surface area (Å²) in [5, 5.41) is 8.94. The molecule has 1 aromatic carbocycles. The molecule has 1 unspecified atom stereocenters. The number of nitriles is 1. The van der Waals surface area contributed by atoms with Crippen LogP contribution >= 0.6 is 0 Å². The number of furan rings is 1. The standard InChI is InChI=1S/C19H20N2O4/c1-13(16-4-3-9-24-16)21(15-6-7-15)19(22)12-25-17-8-5-14(11-20)10-18(17)23-2/h3-5,8-10,13,15H,6-7,12H2,1-2H3. The molecule has 6 heteroatoms. The number of benzene rings is 1. The lowest BCUT2D eigenvalue weighted by atomic mass is 10.2. The first kappa shape index (κ1) is 16.9. The molecule has 1 aliphatic carbocycles. The fourth-order valence-corrected chi connectivity index (χ4v) is 2.83. The fourth-order valence-electron chi connectivity index (χ4n) is 2.83. The van der Waals surface area contributed by atoms with Crippen LogP contribution in [0.25, 0.3) is 0 Å². The Morgan fingerprint density at radius 3 is 2.80 bits per heavy atom. The third kappa shape index (κ3) is 3.77. The van der Waals surface area contributed by atoms with Gasteiger partial charge in [-0.25, -0.2) is 0 Å². The number of carbonyl (C=O) groups is 1. The second-order valence-corrected chi connectivity index (χ2v) is 5.99. The SMILES string of the molecule is COc1cc(C#N)ccc1OCC(=O)N(C1CC1)C(C)c1ccco1. The summed E-state index contributed by atoms with van der Waals surface area (Å²) >= 11 is 0. The normalized spacial score (nSPS) is 14.4. The molecule has 1 aromatic heterocycles. The number of hydrogen-bond acceptors (Lipinski definition) is 5. The quantitative estimate of drug-likeness (QED) is 0.773. The molecule has 1 heterocycles. The van der Waals surface area contributed by atoms with Gasteiger partial charge in [0.05, 0.1) is 31.0 Å². The highest BCUT2D eigenvalue weighted by Gasteiger charge is 2.37. The van der Waals surface area contributed by atoms with Crippen molar-refractivity contribution in [2.45, 2.75) is 31.8 Å². The maximum atomic E-state index is 12.7. The first-order valence-electron chi connectivity index (χ1n) is 8.19. The maximum absolute atomic E-state index is 12.7. The second-order valence-electron chi connectivity index (χ2n) is 5.99. The highest BCUT2D eigenvalue weighted by Crippen LogP contribution is 2.35. The number of carbonyl (C=O) groups excluding carboxylic acids is 1. The lowest BCUT2D eigenvalue weighted by Gasteiger charge is -2.28. The number of hydrogen-bond donors (Lipinski definition) is 0. The first-order chi connectivity index (χ1) is 12.1. The Morgan fingerprint density at radius 2 is 2.20 bits per heavy atom. The summed E-state index contributed by atoms with van der Waals surface area (Å²) < 4.78 is 16.3. The van der Waals surface area contributed by atoms with Gasteiger partial charge in [-0.15, -0.1) is 0 Å². The van der Waals surface area contributed by atoms with E-state index >= 15 is 0 Å². The Bertz CT molecular complexity index is 775. The first-order valence-corrected chi connectivity index (χ1v) is 8.19. The monoisotopic (exact) mass is 340 g/mol. The van der Waals surface area contributed by atoms with Crippen molar-refractivity contribution in [2.75, 3.05) is 13.7 Å². The summed E-state index contributed by atoms with van der Waals surface area (Å²) in [5.41, 5.74) is 0.474. The van der Waals surface area contributed by atoms with E-state index in [4.69, 9.17) is 19.2 Å². The minimum atomic E-state index is -0.138. The largest absolute Gasteiger partial charge is 0.493 e. The van der Waals surface area contributed by atoms with Crippen LogP contribution in [0.2, 0.25) is 0 Å². The molecule has 1 amide bonds. The van der Waals surface area contributed by atoms with Gasteiger partial charge in [-0.1, -0.05) is 0 Å². The van der Waals surface area contributed by atoms with E-state index in [0.29, 0.717) is 17.1 Å². The van der Waals surface area contributed by atoms with Crippen molar-refractivity contribution in [3.63, 3.8) is 0 Å². The lowest BCUT2D eigenvalue weighted by molar-refractivity contribution is -0.136. The highest BCUT2D eigenvalue weighted by atomic mass is 16.5. The lowest BCUT2D eigenvalue weighted by Crippen LogP contribution is -2.38. The zero-order valence-corrected chi connectivity index (χ0v) is 14.3. The second kappa shape index (κ2) is 7.31. The molecule has 2 aromatic rings. The van der Waals surface area contributed by atoms with Crippen LogP contribution in [0.15, 0.2) is 41.0 Å². The van der Waals surface area contributed by atoms with Gasteiger partial charge >= 0.3 is 0 Å². The van der Waals surface area contributed by atoms with Crippen molar-refractivity contribution in [3.05, 3.63) is 47.9 Å². The van der Waals surface area contributed by atoms with Crippen molar-refractivity contribution >= 4 is 5.91 Å². The number of nitrogens with zero attached hydrogens (tertiary/aromatic N) is 2. The van der Waals surface area contributed by atoms with Crippen LogP contribution in [0.4, 0.5) is 0 Å². The van der Waals surface area contributed by atoms with E-state index in [0.717, 1.165) is 18.6 Å². The van der Waals surface area contributed by atoms with Gasteiger partial charge in [0.1, 0.15) is 5.76 Å². The van der Waals surface area contributed by atoms with Crippen molar-refractivity contribution in [1.82, 2.24) is 4.90 Å². The molecule has 6 nitrogen and oxygen atoms in total. The molecular weight excluding hydrogens is 320 g/mol. The highest BCUT2D eigenvalue weighted by molar-refractivity contribution is 5.79. The molecule has 1 fully saturated rings. The fraction of sp³-hybridized carbons (Fsp3) is 0.368. The minimum Gasteiger partial charge on any atom is -0.493 e. The van der Waals surface area contributed by atoms with Crippen LogP contribution in [0.5, 0.6) is 11.5 Å². The smallest absolute Gasteiger partial charge is 0.261 e. The van der Waals surface area contributed by atoms with Gasteiger partial charge in [0.25, 0.3) is 5.91 Å². The number of amides is 1. The van der Waals surface area contributed by atoms with Gasteiger partial charge < -0.3 is 18.8 Å². The number of rotatable bonds is 7. The zero-order chi connectivity index (χ0) is 17.8. The predicted octanol–water partition coefficient (Wildman–Crippen LogP) is 3.29. The van der Waals surface area contributed by atoms with Gasteiger partial charge in [-0.05, 0) is 44.0 Å². The third-order valence-electron chi connectivity index (χ3n) is 4.24. The summed E-state index contributed by atoms with van der Waals surface area (Å²) in [6, 6.07) is 10.7. The molecule has 25 heavy (non-hydrogen) atoms. The molecule has 1 aliphatic rings. The number of ether oxygens (including phenoxy) is 2. The Balaban J connectivity index is 1.69. The Kier molecular flexibility index (Phi) is 4.94. The Morgan fingerprint density at radius 1 is 1.40 bits per heavy atom. The van der Waals surface area contributed by atoms with Crippen molar-refractivity contribution in [1.29, 1.82) is 5.26 Å². The van der Waals surface area contributed by atoms with Crippen LogP contribution in [0.3, 0.4) is 0 Å². The van der Waals surface area contributed by atoms with Crippen LogP contribution < -0.4 is 9.47 Å². The molecular formula is C19H20N2O4. The van der Waals surface area contributed by atoms with E-state index in [1.54, 1.807) is 24.5 Å². The van der Waals surface area contributed by atoms with Crippen LogP contribution in [-0.4, -0.2) is 30.6 Å². The van der Waals surface area contributed by atoms with E-state index in [1.807, 2.05) is 30.0 Å². The molecule has 0 N–H and O–H groups in total. The predicted molar refractivity (Wildman–Crippen MR) is 90.2 cm³/mol. The van der Waals surface area contributed by atoms with Crippen LogP contribution in [0.1, 0.15) is 37.1 Å². The van der Waals surface area contributed by atoms with E-state index in [9.17, 15) is 4.79 Å². The van der Waals surface area contributed by atoms with Crippen molar-refractivity contribution in [2.24, 2.45) is 0 Å². The Labute approximate surface area is 146 Å². The summed E-state index contributed by atoms with van der Waals surface area (Å²) in [7, 11) is 1.50. The summed E-state index contributed by atoms with van der Waals surface area (Å²) in [5.74, 6) is 1.54. The molecule has 3 rings (SSSR count). The third-order valence-corrected chi connectivity index (χ3v) is 4.24. The maximum Gasteiger partial charge on any atom is 0.261 e. The van der Waals surface area contributed by atoms with Gasteiger partial charge in [0, 0.05) is 12.1 Å². The molecule has 0 bridgehead atoms. The summed E-state index contributed by atoms with van der Waals surface area (Å²) in [6.45, 7) is 1.86. The summed E-state index contributed by atoms with van der Waals surface area (Å²) in [4.78, 5) is 14.6. The van der Waals surface area contributed by atoms with Crippen LogP contribution in [0, 0.1) is 11.3 Å². The van der Waals surface area contributed by atoms with E-state index in [-0.39, 0.29) is 24.6 Å². The summed E-state index contributed by atoms with van der Waals surface area (Å²) in [6.07, 6.45) is 3.60. The molecule has 1 atom stereocenters. The van der Waals surface area contributed by atoms with E-state index in [2.05, 4.69) is 0 Å². The van der Waals surface area contributed by atoms with Gasteiger partial charge in [0.2, 0.25) is 0 Å². The average molecular weight is 340 g/mol. The van der Waals surface area contributed by atoms with E-state index in [1.165, 1.54) is 7.11 Å². The number of methoxy groups -OCH3 is 1. The van der Waals surface area contributed by atoms with Gasteiger partial charge in [-0.3, -0.25) is 4.79 Å². The molecule has 0 aliphatic heterocycles. The van der Waals surface area contributed by atoms with E-state index < -0.39 is 0 Å². The molecule has 130 valence electrons. The van der Waals surface area contributed by atoms with Crippen molar-refractivity contribution in [3.8, 4) is 17.6 Å². The Hall–Kier alpha value is -2.94. The topological polar surface area (TPSA) is 75.7 Å².